The van der Waals surface area contributed by atoms with E-state index >= 15 is 0 Å². The molecule has 0 fully saturated rings. The first-order valence-corrected chi connectivity index (χ1v) is 4.05. The van der Waals surface area contributed by atoms with E-state index in [4.69, 9.17) is 10.8 Å². The predicted octanol–water partition coefficient (Wildman–Crippen LogP) is 1.24. The van der Waals surface area contributed by atoms with Gasteiger partial charge in [-0.3, -0.25) is 0 Å². The number of aliphatic hydroxyl groups is 1. The lowest BCUT2D eigenvalue weighted by Gasteiger charge is -1.93. The topological polar surface area (TPSA) is 46.2 Å². The van der Waals surface area contributed by atoms with Crippen molar-refractivity contribution in [2.24, 2.45) is 5.73 Å². The van der Waals surface area contributed by atoms with Gasteiger partial charge in [-0.1, -0.05) is 24.3 Å². The number of nitrogens with two attached hydrogens (primary N) is 1. The van der Waals surface area contributed by atoms with Crippen LogP contribution in [0.5, 0.6) is 0 Å². The molecule has 0 aliphatic heterocycles. The van der Waals surface area contributed by atoms with Crippen LogP contribution in [-0.2, 0) is 0 Å². The number of aliphatic hydroxyl groups excluding tert-OH is 1. The molecular formula is C10H17NO. The predicted molar refractivity (Wildman–Crippen MR) is 52.1 cm³/mol. The Bertz CT molecular complexity index is 188. The summed E-state index contributed by atoms with van der Waals surface area (Å²) in [6.45, 7) is 4.71. The van der Waals surface area contributed by atoms with Crippen LogP contribution >= 0.6 is 0 Å². The molecule has 0 saturated heterocycles. The molecule has 0 radical (unpaired) electrons. The fourth-order valence-electron chi connectivity index (χ4n) is 0.663. The van der Waals surface area contributed by atoms with E-state index in [1.165, 1.54) is 11.1 Å². The summed E-state index contributed by atoms with van der Waals surface area (Å²) in [7, 11) is 0. The van der Waals surface area contributed by atoms with Crippen LogP contribution in [-0.4, -0.2) is 18.3 Å². The second-order valence-corrected chi connectivity index (χ2v) is 2.60. The van der Waals surface area contributed by atoms with Crippen molar-refractivity contribution >= 4 is 0 Å². The van der Waals surface area contributed by atoms with Gasteiger partial charge in [0.2, 0.25) is 0 Å². The Labute approximate surface area is 74.0 Å². The van der Waals surface area contributed by atoms with Crippen LogP contribution < -0.4 is 5.73 Å². The van der Waals surface area contributed by atoms with E-state index in [1.807, 2.05) is 0 Å². The molecule has 0 spiro atoms. The zero-order chi connectivity index (χ0) is 9.40. The van der Waals surface area contributed by atoms with E-state index in [2.05, 4.69) is 38.1 Å². The summed E-state index contributed by atoms with van der Waals surface area (Å²) in [5.74, 6) is 0. The minimum atomic E-state index is 0.0972. The quantitative estimate of drug-likeness (QED) is 0.661. The van der Waals surface area contributed by atoms with Gasteiger partial charge < -0.3 is 10.8 Å². The third kappa shape index (κ3) is 4.88. The van der Waals surface area contributed by atoms with Gasteiger partial charge in [0.1, 0.15) is 0 Å². The molecule has 0 aromatic heterocycles. The van der Waals surface area contributed by atoms with Crippen molar-refractivity contribution in [3.05, 3.63) is 35.4 Å². The number of aryl methyl sites for hydroxylation is 2. The highest BCUT2D eigenvalue weighted by molar-refractivity contribution is 5.23. The summed E-state index contributed by atoms with van der Waals surface area (Å²) < 4.78 is 0. The van der Waals surface area contributed by atoms with Crippen molar-refractivity contribution < 1.29 is 5.11 Å². The van der Waals surface area contributed by atoms with E-state index in [9.17, 15) is 0 Å². The second kappa shape index (κ2) is 6.83. The van der Waals surface area contributed by atoms with E-state index in [0.29, 0.717) is 6.54 Å². The fourth-order valence-corrected chi connectivity index (χ4v) is 0.663. The highest BCUT2D eigenvalue weighted by Crippen LogP contribution is 2.02. The Morgan fingerprint density at radius 3 is 1.67 bits per heavy atom. The Balaban J connectivity index is 0.000000261. The van der Waals surface area contributed by atoms with Crippen molar-refractivity contribution in [3.8, 4) is 0 Å². The van der Waals surface area contributed by atoms with Crippen LogP contribution in [0, 0.1) is 13.8 Å². The van der Waals surface area contributed by atoms with Gasteiger partial charge in [-0.25, -0.2) is 0 Å². The average molecular weight is 167 g/mol. The van der Waals surface area contributed by atoms with Crippen LogP contribution in [0.15, 0.2) is 24.3 Å². The molecule has 0 saturated carbocycles. The van der Waals surface area contributed by atoms with Gasteiger partial charge in [0, 0.05) is 6.54 Å². The molecule has 68 valence electrons. The van der Waals surface area contributed by atoms with E-state index < -0.39 is 0 Å². The molecule has 3 N–H and O–H groups in total. The SMILES string of the molecule is Cc1ccccc1C.NCCO. The first-order chi connectivity index (χ1) is 5.72. The molecule has 0 heterocycles. The standard InChI is InChI=1S/C8H10.C2H7NO/c1-7-5-3-4-6-8(7)2;3-1-2-4/h3-6H,1-2H3;4H,1-3H2. The van der Waals surface area contributed by atoms with Crippen molar-refractivity contribution in [1.82, 2.24) is 0 Å². The summed E-state index contributed by atoms with van der Waals surface area (Å²) in [5.41, 5.74) is 7.51. The van der Waals surface area contributed by atoms with Crippen LogP contribution in [0.4, 0.5) is 0 Å². The Morgan fingerprint density at radius 2 is 1.50 bits per heavy atom. The molecule has 2 nitrogen and oxygen atoms in total. The first-order valence-electron chi connectivity index (χ1n) is 4.05. The molecule has 0 amide bonds. The Hall–Kier alpha value is -0.860. The summed E-state index contributed by atoms with van der Waals surface area (Å²) in [5, 5.41) is 7.75. The third-order valence-corrected chi connectivity index (χ3v) is 1.55. The van der Waals surface area contributed by atoms with Gasteiger partial charge in [-0.05, 0) is 25.0 Å². The van der Waals surface area contributed by atoms with Gasteiger partial charge in [0.05, 0.1) is 6.61 Å². The van der Waals surface area contributed by atoms with Crippen molar-refractivity contribution in [2.75, 3.05) is 13.2 Å². The number of hydrogen-bond donors (Lipinski definition) is 2. The highest BCUT2D eigenvalue weighted by Gasteiger charge is 1.83. The summed E-state index contributed by atoms with van der Waals surface area (Å²) in [4.78, 5) is 0. The molecule has 0 aliphatic rings. The number of rotatable bonds is 1. The third-order valence-electron chi connectivity index (χ3n) is 1.55. The van der Waals surface area contributed by atoms with Gasteiger partial charge in [-0.15, -0.1) is 0 Å². The summed E-state index contributed by atoms with van der Waals surface area (Å²) in [6.07, 6.45) is 0. The molecule has 1 aromatic carbocycles. The fraction of sp³-hybridized carbons (Fsp3) is 0.400. The number of hydrogen-bond acceptors (Lipinski definition) is 2. The molecule has 0 aliphatic carbocycles. The van der Waals surface area contributed by atoms with Crippen molar-refractivity contribution in [3.63, 3.8) is 0 Å². The molecule has 0 bridgehead atoms. The largest absolute Gasteiger partial charge is 0.395 e. The molecule has 0 atom stereocenters. The summed E-state index contributed by atoms with van der Waals surface area (Å²) >= 11 is 0. The van der Waals surface area contributed by atoms with Crippen LogP contribution in [0.2, 0.25) is 0 Å². The van der Waals surface area contributed by atoms with Gasteiger partial charge >= 0.3 is 0 Å². The first kappa shape index (κ1) is 11.1. The van der Waals surface area contributed by atoms with Gasteiger partial charge in [0.15, 0.2) is 0 Å². The molecule has 1 rings (SSSR count). The zero-order valence-electron chi connectivity index (χ0n) is 7.75. The average Bonchev–Trinajstić information content (AvgIpc) is 2.11. The highest BCUT2D eigenvalue weighted by atomic mass is 16.3. The lowest BCUT2D eigenvalue weighted by Crippen LogP contribution is -2.02. The van der Waals surface area contributed by atoms with Crippen LogP contribution in [0.25, 0.3) is 0 Å². The van der Waals surface area contributed by atoms with Gasteiger partial charge in [-0.2, -0.15) is 0 Å². The van der Waals surface area contributed by atoms with Crippen molar-refractivity contribution in [1.29, 1.82) is 0 Å². The smallest absolute Gasteiger partial charge is 0.0553 e. The molecule has 2 heteroatoms. The molecule has 1 aromatic rings. The van der Waals surface area contributed by atoms with E-state index in [-0.39, 0.29) is 6.61 Å². The maximum absolute atomic E-state index is 7.75. The molecule has 0 unspecified atom stereocenters. The van der Waals surface area contributed by atoms with Crippen LogP contribution in [0.3, 0.4) is 0 Å². The Kier molecular flexibility index (Phi) is 6.34. The second-order valence-electron chi connectivity index (χ2n) is 2.60. The normalized spacial score (nSPS) is 8.67. The maximum Gasteiger partial charge on any atom is 0.0553 e. The van der Waals surface area contributed by atoms with Gasteiger partial charge in [0.25, 0.3) is 0 Å². The minimum Gasteiger partial charge on any atom is -0.395 e. The lowest BCUT2D eigenvalue weighted by atomic mass is 10.1. The van der Waals surface area contributed by atoms with Crippen molar-refractivity contribution in [2.45, 2.75) is 13.8 Å². The molecular weight excluding hydrogens is 150 g/mol. The molecule has 12 heavy (non-hydrogen) atoms. The zero-order valence-corrected chi connectivity index (χ0v) is 7.75. The Morgan fingerprint density at radius 1 is 1.17 bits per heavy atom. The monoisotopic (exact) mass is 167 g/mol. The van der Waals surface area contributed by atoms with E-state index in [1.54, 1.807) is 0 Å². The lowest BCUT2D eigenvalue weighted by molar-refractivity contribution is 0.306. The summed E-state index contributed by atoms with van der Waals surface area (Å²) in [6, 6.07) is 8.36. The number of benzene rings is 1. The van der Waals surface area contributed by atoms with E-state index in [0.717, 1.165) is 0 Å². The maximum atomic E-state index is 7.75. The van der Waals surface area contributed by atoms with Crippen LogP contribution in [0.1, 0.15) is 11.1 Å². The minimum absolute atomic E-state index is 0.0972.